The van der Waals surface area contributed by atoms with Crippen molar-refractivity contribution >= 4 is 17.6 Å². The average Bonchev–Trinajstić information content (AvgIpc) is 2.56. The van der Waals surface area contributed by atoms with Crippen molar-refractivity contribution in [3.8, 4) is 0 Å². The van der Waals surface area contributed by atoms with Crippen LogP contribution < -0.4 is 5.32 Å². The van der Waals surface area contributed by atoms with Crippen LogP contribution in [-0.2, 0) is 14.3 Å². The van der Waals surface area contributed by atoms with E-state index in [9.17, 15) is 9.59 Å². The third-order valence-electron chi connectivity index (χ3n) is 7.09. The maximum absolute atomic E-state index is 12.9. The van der Waals surface area contributed by atoms with Crippen LogP contribution >= 0.6 is 0 Å². The summed E-state index contributed by atoms with van der Waals surface area (Å²) in [6.45, 7) is 7.70. The highest BCUT2D eigenvalue weighted by Gasteiger charge is 2.51. The molecule has 5 rings (SSSR count). The monoisotopic (exact) mass is 369 g/mol. The molecule has 4 saturated carbocycles. The Hall–Kier alpha value is -1.84. The molecule has 4 aliphatic rings. The fourth-order valence-electron chi connectivity index (χ4n) is 6.22. The molecule has 1 atom stereocenters. The molecular formula is C23H31NO3. The summed E-state index contributed by atoms with van der Waals surface area (Å²) >= 11 is 0. The number of hydrogen-bond acceptors (Lipinski definition) is 3. The topological polar surface area (TPSA) is 55.4 Å². The first-order valence-electron chi connectivity index (χ1n) is 10.4. The van der Waals surface area contributed by atoms with Crippen LogP contribution in [0.1, 0.15) is 55.7 Å². The van der Waals surface area contributed by atoms with Crippen molar-refractivity contribution in [1.82, 2.24) is 0 Å². The molecule has 146 valence electrons. The fraction of sp³-hybridized carbons (Fsp3) is 0.652. The number of benzene rings is 1. The summed E-state index contributed by atoms with van der Waals surface area (Å²) in [5.41, 5.74) is 4.05. The van der Waals surface area contributed by atoms with Gasteiger partial charge >= 0.3 is 5.97 Å². The van der Waals surface area contributed by atoms with Crippen molar-refractivity contribution in [2.45, 2.75) is 65.9 Å². The predicted octanol–water partition coefficient (Wildman–Crippen LogP) is 4.55. The summed E-state index contributed by atoms with van der Waals surface area (Å²) in [6, 6.07) is 4.10. The Morgan fingerprint density at radius 3 is 2.00 bits per heavy atom. The van der Waals surface area contributed by atoms with Crippen LogP contribution in [-0.4, -0.2) is 18.0 Å². The van der Waals surface area contributed by atoms with Gasteiger partial charge < -0.3 is 10.1 Å². The van der Waals surface area contributed by atoms with Gasteiger partial charge in [0.1, 0.15) is 0 Å². The number of ether oxygens (including phenoxy) is 1. The van der Waals surface area contributed by atoms with Gasteiger partial charge in [-0.1, -0.05) is 17.7 Å². The third kappa shape index (κ3) is 3.51. The van der Waals surface area contributed by atoms with E-state index in [-0.39, 0.29) is 17.8 Å². The van der Waals surface area contributed by atoms with Crippen LogP contribution in [0.5, 0.6) is 0 Å². The zero-order valence-electron chi connectivity index (χ0n) is 16.9. The normalized spacial score (nSPS) is 32.2. The number of hydrogen-bond donors (Lipinski definition) is 1. The van der Waals surface area contributed by atoms with Gasteiger partial charge in [0.15, 0.2) is 6.10 Å². The van der Waals surface area contributed by atoms with E-state index in [1.165, 1.54) is 37.7 Å². The number of carbonyl (C=O) groups excluding carboxylic acids is 2. The molecule has 4 nitrogen and oxygen atoms in total. The molecule has 4 aliphatic carbocycles. The highest BCUT2D eigenvalue weighted by atomic mass is 16.5. The minimum absolute atomic E-state index is 0.0101. The van der Waals surface area contributed by atoms with E-state index < -0.39 is 6.10 Å². The van der Waals surface area contributed by atoms with Crippen molar-refractivity contribution in [2.75, 3.05) is 5.32 Å². The molecule has 0 aromatic heterocycles. The zero-order valence-corrected chi connectivity index (χ0v) is 16.9. The molecule has 0 aliphatic heterocycles. The molecule has 1 aromatic rings. The van der Waals surface area contributed by atoms with Gasteiger partial charge in [0.05, 0.1) is 5.92 Å². The van der Waals surface area contributed by atoms with E-state index in [2.05, 4.69) is 5.32 Å². The minimum atomic E-state index is -0.769. The lowest BCUT2D eigenvalue weighted by atomic mass is 9.52. The largest absolute Gasteiger partial charge is 0.452 e. The highest BCUT2D eigenvalue weighted by molar-refractivity contribution is 5.96. The molecule has 4 bridgehead atoms. The number of rotatable bonds is 4. The van der Waals surface area contributed by atoms with Gasteiger partial charge in [-0.25, -0.2) is 0 Å². The second-order valence-corrected chi connectivity index (χ2v) is 9.30. The number of aryl methyl sites for hydroxylation is 3. The summed E-state index contributed by atoms with van der Waals surface area (Å²) in [6.07, 6.45) is 5.30. The molecule has 0 radical (unpaired) electrons. The molecule has 1 N–H and O–H groups in total. The smallest absolute Gasteiger partial charge is 0.310 e. The van der Waals surface area contributed by atoms with Crippen molar-refractivity contribution in [1.29, 1.82) is 0 Å². The Morgan fingerprint density at radius 2 is 1.48 bits per heavy atom. The summed E-state index contributed by atoms with van der Waals surface area (Å²) in [4.78, 5) is 25.5. The van der Waals surface area contributed by atoms with E-state index in [0.29, 0.717) is 11.8 Å². The summed E-state index contributed by atoms with van der Waals surface area (Å²) in [7, 11) is 0. The highest BCUT2D eigenvalue weighted by Crippen LogP contribution is 2.56. The number of esters is 1. The van der Waals surface area contributed by atoms with Crippen molar-refractivity contribution < 1.29 is 14.3 Å². The molecule has 0 unspecified atom stereocenters. The lowest BCUT2D eigenvalue weighted by Gasteiger charge is -2.53. The first-order chi connectivity index (χ1) is 12.8. The van der Waals surface area contributed by atoms with Gasteiger partial charge in [0.25, 0.3) is 5.91 Å². The molecule has 0 heterocycles. The Balaban J connectivity index is 1.39. The number of amides is 1. The summed E-state index contributed by atoms with van der Waals surface area (Å²) in [5, 5.41) is 2.96. The predicted molar refractivity (Wildman–Crippen MR) is 105 cm³/mol. The van der Waals surface area contributed by atoms with Gasteiger partial charge in [-0.2, -0.15) is 0 Å². The molecule has 1 aromatic carbocycles. The molecule has 0 spiro atoms. The summed E-state index contributed by atoms with van der Waals surface area (Å²) < 4.78 is 5.66. The standard InChI is InChI=1S/C23H31NO3/c1-12-5-13(2)21(14(3)6-12)24-22(25)15(4)27-23(26)20-18-8-16-7-17(10-18)11-19(20)9-16/h5-6,15-20H,7-11H2,1-4H3,(H,24,25)/t15-,16?,17?,18?,19?,20?/m1/s1. The van der Waals surface area contributed by atoms with Gasteiger partial charge in [0.2, 0.25) is 0 Å². The second-order valence-electron chi connectivity index (χ2n) is 9.30. The Morgan fingerprint density at radius 1 is 0.963 bits per heavy atom. The number of carbonyl (C=O) groups is 2. The fourth-order valence-corrected chi connectivity index (χ4v) is 6.22. The number of nitrogens with one attached hydrogen (secondary N) is 1. The minimum Gasteiger partial charge on any atom is -0.452 e. The molecule has 0 saturated heterocycles. The Kier molecular flexibility index (Phi) is 4.77. The average molecular weight is 370 g/mol. The Bertz CT molecular complexity index is 718. The van der Waals surface area contributed by atoms with Crippen molar-refractivity contribution in [3.63, 3.8) is 0 Å². The second kappa shape index (κ2) is 6.96. The van der Waals surface area contributed by atoms with Gasteiger partial charge in [-0.3, -0.25) is 9.59 Å². The van der Waals surface area contributed by atoms with Crippen LogP contribution in [0.2, 0.25) is 0 Å². The van der Waals surface area contributed by atoms with Crippen molar-refractivity contribution in [2.24, 2.45) is 29.6 Å². The molecule has 1 amide bonds. The van der Waals surface area contributed by atoms with Crippen LogP contribution in [0.15, 0.2) is 12.1 Å². The van der Waals surface area contributed by atoms with E-state index in [1.807, 2.05) is 32.9 Å². The van der Waals surface area contributed by atoms with E-state index >= 15 is 0 Å². The van der Waals surface area contributed by atoms with E-state index in [1.54, 1.807) is 6.92 Å². The molecule has 27 heavy (non-hydrogen) atoms. The van der Waals surface area contributed by atoms with Crippen LogP contribution in [0.4, 0.5) is 5.69 Å². The molecule has 4 heteroatoms. The van der Waals surface area contributed by atoms with Crippen LogP contribution in [0.3, 0.4) is 0 Å². The van der Waals surface area contributed by atoms with Gasteiger partial charge in [-0.05, 0) is 94.6 Å². The van der Waals surface area contributed by atoms with E-state index in [4.69, 9.17) is 4.74 Å². The quantitative estimate of drug-likeness (QED) is 0.792. The van der Waals surface area contributed by atoms with Gasteiger partial charge in [0, 0.05) is 5.69 Å². The first kappa shape index (κ1) is 18.5. The van der Waals surface area contributed by atoms with Crippen molar-refractivity contribution in [3.05, 3.63) is 28.8 Å². The maximum atomic E-state index is 12.9. The number of anilines is 1. The lowest BCUT2D eigenvalue weighted by molar-refractivity contribution is -0.169. The summed E-state index contributed by atoms with van der Waals surface area (Å²) in [5.74, 6) is 2.22. The SMILES string of the molecule is Cc1cc(C)c(NC(=O)[C@@H](C)OC(=O)C2C3CC4CC(C3)CC2C4)c(C)c1. The van der Waals surface area contributed by atoms with E-state index in [0.717, 1.165) is 28.7 Å². The maximum Gasteiger partial charge on any atom is 0.310 e. The Labute approximate surface area is 162 Å². The zero-order chi connectivity index (χ0) is 19.3. The van der Waals surface area contributed by atoms with Crippen LogP contribution in [0, 0.1) is 50.4 Å². The molecule has 4 fully saturated rings. The molecular weight excluding hydrogens is 338 g/mol. The lowest BCUT2D eigenvalue weighted by Crippen LogP contribution is -2.49. The first-order valence-corrected chi connectivity index (χ1v) is 10.4. The van der Waals surface area contributed by atoms with Crippen LogP contribution in [0.25, 0.3) is 0 Å². The third-order valence-corrected chi connectivity index (χ3v) is 7.09. The van der Waals surface area contributed by atoms with Gasteiger partial charge in [-0.15, -0.1) is 0 Å².